The zero-order chi connectivity index (χ0) is 26.5. The molecule has 2 aromatic carbocycles. The van der Waals surface area contributed by atoms with Crippen LogP contribution in [0.25, 0.3) is 30.1 Å². The number of aromatic nitrogens is 4. The van der Waals surface area contributed by atoms with E-state index in [2.05, 4.69) is 16.8 Å². The van der Waals surface area contributed by atoms with Crippen LogP contribution in [-0.4, -0.2) is 37.1 Å². The number of aromatic amines is 2. The smallest absolute Gasteiger partial charge is 0.335 e. The predicted octanol–water partition coefficient (Wildman–Crippen LogP) is 1.65. The van der Waals surface area contributed by atoms with E-state index < -0.39 is 5.97 Å². The number of carboxylic acids is 1. The van der Waals surface area contributed by atoms with Crippen molar-refractivity contribution in [3.8, 4) is 17.1 Å². The minimum atomic E-state index is -1.04. The Morgan fingerprint density at radius 3 is 2.16 bits per heavy atom. The monoisotopic (exact) mass is 498 g/mol. The average molecular weight is 498 g/mol. The number of hydrogen-bond donors (Lipinski definition) is 3. The zero-order valence-corrected chi connectivity index (χ0v) is 19.7. The molecule has 0 aliphatic carbocycles. The molecule has 2 aromatic heterocycles. The Morgan fingerprint density at radius 2 is 1.54 bits per heavy atom. The van der Waals surface area contributed by atoms with Crippen molar-refractivity contribution in [2.75, 3.05) is 0 Å². The molecule has 186 valence electrons. The molecule has 10 heteroatoms. The number of ether oxygens (including phenoxy) is 1. The highest BCUT2D eigenvalue weighted by atomic mass is 16.5. The van der Waals surface area contributed by atoms with Gasteiger partial charge in [0.25, 0.3) is 17.6 Å². The summed E-state index contributed by atoms with van der Waals surface area (Å²) >= 11 is 0. The van der Waals surface area contributed by atoms with E-state index in [9.17, 15) is 19.2 Å². The van der Waals surface area contributed by atoms with Crippen LogP contribution in [0.15, 0.2) is 76.3 Å². The van der Waals surface area contributed by atoms with Gasteiger partial charge in [0.1, 0.15) is 5.75 Å². The number of rotatable bonds is 8. The third-order valence-corrected chi connectivity index (χ3v) is 5.52. The quantitative estimate of drug-likeness (QED) is 0.249. The molecule has 10 nitrogen and oxygen atoms in total. The standard InChI is InChI=1S/C27H22N4O6/c1-17-23(25(33)30(28-17)20-10-8-19(9-11-20)27(35)36)6-4-3-5-7-24-18(2)29-31(26(24)34)21-12-14-22(15-13-21)37-16-32/h3-16,28-29H,2H2,1H3,(H,35,36). The van der Waals surface area contributed by atoms with Crippen molar-refractivity contribution in [2.45, 2.75) is 6.92 Å². The number of carboxylic acid groups (broad SMARTS) is 1. The average Bonchev–Trinajstić information content (AvgIpc) is 3.33. The van der Waals surface area contributed by atoms with E-state index in [-0.39, 0.29) is 16.7 Å². The largest absolute Gasteiger partial charge is 0.478 e. The maximum Gasteiger partial charge on any atom is 0.335 e. The Balaban J connectivity index is 1.54. The summed E-state index contributed by atoms with van der Waals surface area (Å²) in [5, 5.41) is 15.7. The molecule has 0 bridgehead atoms. The van der Waals surface area contributed by atoms with E-state index in [0.717, 1.165) is 0 Å². The highest BCUT2D eigenvalue weighted by molar-refractivity contribution is 5.87. The number of nitrogens with zero attached hydrogens (tertiary/aromatic N) is 2. The van der Waals surface area contributed by atoms with E-state index in [1.807, 2.05) is 0 Å². The van der Waals surface area contributed by atoms with Gasteiger partial charge in [0.05, 0.1) is 33.1 Å². The Bertz CT molecular complexity index is 1750. The first-order valence-electron chi connectivity index (χ1n) is 11.0. The first kappa shape index (κ1) is 24.7. The van der Waals surface area contributed by atoms with Crippen molar-refractivity contribution in [3.63, 3.8) is 0 Å². The van der Waals surface area contributed by atoms with Gasteiger partial charge in [0.2, 0.25) is 0 Å². The minimum absolute atomic E-state index is 0.128. The third kappa shape index (κ3) is 5.17. The highest BCUT2D eigenvalue weighted by Gasteiger charge is 2.11. The van der Waals surface area contributed by atoms with Crippen LogP contribution in [0.1, 0.15) is 21.6 Å². The Kier molecular flexibility index (Phi) is 7.01. The number of carbonyl (C=O) groups excluding carboxylic acids is 1. The normalized spacial score (nSPS) is 12.0. The molecule has 2 heterocycles. The van der Waals surface area contributed by atoms with Crippen LogP contribution in [0.5, 0.6) is 5.75 Å². The number of benzene rings is 2. The van der Waals surface area contributed by atoms with Crippen molar-refractivity contribution >= 4 is 31.2 Å². The van der Waals surface area contributed by atoms with Crippen LogP contribution in [0.4, 0.5) is 0 Å². The summed E-state index contributed by atoms with van der Waals surface area (Å²) in [6.45, 7) is 5.96. The first-order valence-corrected chi connectivity index (χ1v) is 11.0. The van der Waals surface area contributed by atoms with Gasteiger partial charge in [-0.3, -0.25) is 24.6 Å². The molecule has 0 aliphatic rings. The molecule has 0 saturated heterocycles. The molecule has 0 radical (unpaired) electrons. The Hall–Kier alpha value is -5.38. The van der Waals surface area contributed by atoms with Gasteiger partial charge < -0.3 is 9.84 Å². The molecule has 3 N–H and O–H groups in total. The Labute approximate surface area is 209 Å². The Morgan fingerprint density at radius 1 is 0.919 bits per heavy atom. The highest BCUT2D eigenvalue weighted by Crippen LogP contribution is 2.13. The number of allylic oxidation sites excluding steroid dienone is 3. The van der Waals surface area contributed by atoms with Gasteiger partial charge >= 0.3 is 5.97 Å². The molecule has 0 aliphatic heterocycles. The fraction of sp³-hybridized carbons (Fsp3) is 0.0370. The van der Waals surface area contributed by atoms with Crippen molar-refractivity contribution in [1.29, 1.82) is 0 Å². The molecule has 0 amide bonds. The molecule has 37 heavy (non-hydrogen) atoms. The van der Waals surface area contributed by atoms with Crippen molar-refractivity contribution in [2.24, 2.45) is 0 Å². The molecule has 0 saturated carbocycles. The van der Waals surface area contributed by atoms with E-state index in [1.54, 1.807) is 73.7 Å². The van der Waals surface area contributed by atoms with Crippen molar-refractivity contribution in [3.05, 3.63) is 115 Å². The molecule has 0 spiro atoms. The summed E-state index contributed by atoms with van der Waals surface area (Å²) in [4.78, 5) is 47.1. The van der Waals surface area contributed by atoms with Crippen LogP contribution in [0, 0.1) is 6.92 Å². The van der Waals surface area contributed by atoms with Gasteiger partial charge in [-0.05, 0) is 67.6 Å². The van der Waals surface area contributed by atoms with Crippen LogP contribution in [0.2, 0.25) is 0 Å². The van der Waals surface area contributed by atoms with Gasteiger partial charge in [-0.15, -0.1) is 0 Å². The minimum Gasteiger partial charge on any atom is -0.478 e. The van der Waals surface area contributed by atoms with Gasteiger partial charge in [-0.25, -0.2) is 14.2 Å². The van der Waals surface area contributed by atoms with Crippen LogP contribution < -0.4 is 26.4 Å². The number of nitrogens with one attached hydrogen (secondary N) is 2. The summed E-state index contributed by atoms with van der Waals surface area (Å²) in [5.41, 5.74) is 1.68. The third-order valence-electron chi connectivity index (χ3n) is 5.52. The van der Waals surface area contributed by atoms with Gasteiger partial charge in [0.15, 0.2) is 0 Å². The maximum atomic E-state index is 12.8. The summed E-state index contributed by atoms with van der Waals surface area (Å²) in [6, 6.07) is 12.4. The second-order valence-electron chi connectivity index (χ2n) is 7.91. The van der Waals surface area contributed by atoms with Gasteiger partial charge in [0, 0.05) is 5.69 Å². The lowest BCUT2D eigenvalue weighted by molar-refractivity contribution is -0.120. The van der Waals surface area contributed by atoms with E-state index >= 15 is 0 Å². The molecular weight excluding hydrogens is 476 g/mol. The molecule has 0 fully saturated rings. The van der Waals surface area contributed by atoms with E-state index in [0.29, 0.717) is 45.4 Å². The number of hydrogen-bond acceptors (Lipinski definition) is 5. The van der Waals surface area contributed by atoms with Crippen LogP contribution >= 0.6 is 0 Å². The first-order chi connectivity index (χ1) is 17.8. The van der Waals surface area contributed by atoms with Crippen molar-refractivity contribution in [1.82, 2.24) is 19.6 Å². The van der Waals surface area contributed by atoms with Gasteiger partial charge in [-0.2, -0.15) is 0 Å². The fourth-order valence-electron chi connectivity index (χ4n) is 3.64. The van der Waals surface area contributed by atoms with Gasteiger partial charge in [-0.1, -0.05) is 24.8 Å². The fourth-order valence-corrected chi connectivity index (χ4v) is 3.64. The zero-order valence-electron chi connectivity index (χ0n) is 19.7. The lowest BCUT2D eigenvalue weighted by Gasteiger charge is -2.02. The maximum absolute atomic E-state index is 12.8. The molecular formula is C27H22N4O6. The summed E-state index contributed by atoms with van der Waals surface area (Å²) < 4.78 is 7.43. The summed E-state index contributed by atoms with van der Waals surface area (Å²) in [5.74, 6) is -0.687. The molecule has 0 atom stereocenters. The SMILES string of the molecule is C=c1[nH]n(-c2ccc(OC=O)cc2)c(=O)c1=CC=CC=Cc1c(C)[nH]n(-c2ccc(C(=O)O)cc2)c1=O. The number of aryl methyl sites for hydroxylation is 1. The van der Waals surface area contributed by atoms with Crippen LogP contribution in [-0.2, 0) is 4.79 Å². The number of aromatic carboxylic acids is 1. The van der Waals surface area contributed by atoms with E-state index in [1.165, 1.54) is 21.5 Å². The summed E-state index contributed by atoms with van der Waals surface area (Å²) in [7, 11) is 0. The second-order valence-corrected chi connectivity index (χ2v) is 7.91. The van der Waals surface area contributed by atoms with E-state index in [4.69, 9.17) is 9.84 Å². The molecule has 4 rings (SSSR count). The predicted molar refractivity (Wildman–Crippen MR) is 139 cm³/mol. The lowest BCUT2D eigenvalue weighted by atomic mass is 10.2. The lowest BCUT2D eigenvalue weighted by Crippen LogP contribution is -2.33. The summed E-state index contributed by atoms with van der Waals surface area (Å²) in [6.07, 6.45) is 8.26. The molecule has 4 aromatic rings. The van der Waals surface area contributed by atoms with Crippen LogP contribution in [0.3, 0.4) is 0 Å². The number of carbonyl (C=O) groups is 2. The van der Waals surface area contributed by atoms with Crippen molar-refractivity contribution < 1.29 is 19.4 Å². The second kappa shape index (κ2) is 10.5. The topological polar surface area (TPSA) is 139 Å². The molecule has 0 unspecified atom stereocenters. The number of H-pyrrole nitrogens is 2.